The Bertz CT molecular complexity index is 3820. The third kappa shape index (κ3) is 6.31. The van der Waals surface area contributed by atoms with Crippen LogP contribution in [-0.4, -0.2) is 15.0 Å². The first-order valence-electron chi connectivity index (χ1n) is 22.9. The summed E-state index contributed by atoms with van der Waals surface area (Å²) >= 11 is 0. The second-order valence-corrected chi connectivity index (χ2v) is 17.5. The van der Waals surface area contributed by atoms with Crippen LogP contribution >= 0.6 is 0 Å². The van der Waals surface area contributed by atoms with Crippen LogP contribution in [0.1, 0.15) is 22.3 Å². The van der Waals surface area contributed by atoms with Crippen LogP contribution in [0, 0.1) is 0 Å². The van der Waals surface area contributed by atoms with Crippen molar-refractivity contribution in [2.75, 3.05) is 0 Å². The van der Waals surface area contributed by atoms with Crippen molar-refractivity contribution in [2.24, 2.45) is 0 Å². The fraction of sp³-hybridized carbons (Fsp3) is 0.0156. The van der Waals surface area contributed by atoms with E-state index in [2.05, 4.69) is 231 Å². The summed E-state index contributed by atoms with van der Waals surface area (Å²) in [5.41, 5.74) is 14.2. The SMILES string of the molecule is c1ccc(-c2nc(-c3cccc(-c4cccc(-c5c6ccccc6cc6c5ccc5ccccc56)c4)c3)nc(-c3ccc4c(c3)C(c3ccccc3)(c3ccccc3)c3ccccc3-4)n2)cc1. The Morgan fingerprint density at radius 2 is 0.761 bits per heavy atom. The summed E-state index contributed by atoms with van der Waals surface area (Å²) in [6.07, 6.45) is 0. The Balaban J connectivity index is 0.964. The van der Waals surface area contributed by atoms with Crippen LogP contribution in [0.2, 0.25) is 0 Å². The van der Waals surface area contributed by atoms with Gasteiger partial charge in [0.1, 0.15) is 0 Å². The van der Waals surface area contributed by atoms with Gasteiger partial charge in [0.25, 0.3) is 0 Å². The molecule has 312 valence electrons. The normalized spacial score (nSPS) is 12.6. The van der Waals surface area contributed by atoms with E-state index in [4.69, 9.17) is 15.0 Å². The Morgan fingerprint density at radius 1 is 0.254 bits per heavy atom. The second-order valence-electron chi connectivity index (χ2n) is 17.5. The highest BCUT2D eigenvalue weighted by atomic mass is 15.0. The number of nitrogens with zero attached hydrogens (tertiary/aromatic N) is 3. The van der Waals surface area contributed by atoms with Crippen LogP contribution in [0.5, 0.6) is 0 Å². The molecule has 0 N–H and O–H groups in total. The first kappa shape index (κ1) is 38.6. The van der Waals surface area contributed by atoms with E-state index in [-0.39, 0.29) is 0 Å². The van der Waals surface area contributed by atoms with Crippen LogP contribution in [0.25, 0.3) is 99.9 Å². The molecule has 1 aromatic heterocycles. The van der Waals surface area contributed by atoms with Crippen molar-refractivity contribution in [1.29, 1.82) is 0 Å². The molecule has 0 unspecified atom stereocenters. The van der Waals surface area contributed by atoms with Crippen molar-refractivity contribution in [3.8, 4) is 67.5 Å². The van der Waals surface area contributed by atoms with Gasteiger partial charge in [0.2, 0.25) is 0 Å². The molecule has 0 bridgehead atoms. The number of benzene rings is 11. The van der Waals surface area contributed by atoms with Crippen LogP contribution in [0.4, 0.5) is 0 Å². The third-order valence-electron chi connectivity index (χ3n) is 13.8. The van der Waals surface area contributed by atoms with E-state index >= 15 is 0 Å². The molecule has 0 fully saturated rings. The number of hydrogen-bond donors (Lipinski definition) is 0. The van der Waals surface area contributed by atoms with Crippen molar-refractivity contribution < 1.29 is 0 Å². The van der Waals surface area contributed by atoms with Gasteiger partial charge in [0, 0.05) is 16.7 Å². The van der Waals surface area contributed by atoms with Gasteiger partial charge in [0.05, 0.1) is 5.41 Å². The Morgan fingerprint density at radius 3 is 1.48 bits per heavy atom. The fourth-order valence-corrected chi connectivity index (χ4v) is 10.8. The molecular weight excluding hydrogens is 811 g/mol. The van der Waals surface area contributed by atoms with Gasteiger partial charge in [-0.25, -0.2) is 15.0 Å². The molecule has 1 aliphatic rings. The summed E-state index contributed by atoms with van der Waals surface area (Å²) in [7, 11) is 0. The average molecular weight is 852 g/mol. The molecule has 1 heterocycles. The predicted octanol–water partition coefficient (Wildman–Crippen LogP) is 16.0. The molecule has 0 saturated heterocycles. The maximum atomic E-state index is 5.34. The quantitative estimate of drug-likeness (QED) is 0.118. The molecule has 11 aromatic carbocycles. The lowest BCUT2D eigenvalue weighted by molar-refractivity contribution is 0.768. The van der Waals surface area contributed by atoms with Gasteiger partial charge in [-0.2, -0.15) is 0 Å². The smallest absolute Gasteiger partial charge is 0.164 e. The molecule has 0 amide bonds. The lowest BCUT2D eigenvalue weighted by Gasteiger charge is -2.34. The Kier molecular flexibility index (Phi) is 9.07. The first-order valence-corrected chi connectivity index (χ1v) is 22.9. The summed E-state index contributed by atoms with van der Waals surface area (Å²) in [6.45, 7) is 0. The first-order chi connectivity index (χ1) is 33.2. The Labute approximate surface area is 389 Å². The molecule has 67 heavy (non-hydrogen) atoms. The van der Waals surface area contributed by atoms with Crippen molar-refractivity contribution in [3.63, 3.8) is 0 Å². The van der Waals surface area contributed by atoms with Crippen LogP contribution in [0.3, 0.4) is 0 Å². The van der Waals surface area contributed by atoms with E-state index < -0.39 is 5.41 Å². The molecule has 0 aliphatic heterocycles. The highest BCUT2D eigenvalue weighted by Gasteiger charge is 2.46. The van der Waals surface area contributed by atoms with Gasteiger partial charge >= 0.3 is 0 Å². The topological polar surface area (TPSA) is 38.7 Å². The van der Waals surface area contributed by atoms with Gasteiger partial charge in [-0.3, -0.25) is 0 Å². The highest BCUT2D eigenvalue weighted by Crippen LogP contribution is 2.56. The molecule has 0 radical (unpaired) electrons. The van der Waals surface area contributed by atoms with E-state index in [1.165, 1.54) is 76.8 Å². The predicted molar refractivity (Wildman–Crippen MR) is 277 cm³/mol. The number of aromatic nitrogens is 3. The molecule has 1 aliphatic carbocycles. The Hall–Kier alpha value is -8.79. The van der Waals surface area contributed by atoms with Crippen molar-refractivity contribution in [2.45, 2.75) is 5.41 Å². The van der Waals surface area contributed by atoms with Crippen molar-refractivity contribution in [3.05, 3.63) is 271 Å². The number of rotatable bonds is 7. The lowest BCUT2D eigenvalue weighted by Crippen LogP contribution is -2.28. The maximum Gasteiger partial charge on any atom is 0.164 e. The zero-order chi connectivity index (χ0) is 44.3. The minimum atomic E-state index is -0.544. The zero-order valence-electron chi connectivity index (χ0n) is 36.5. The largest absolute Gasteiger partial charge is 0.208 e. The number of fused-ring (bicyclic) bond motifs is 7. The zero-order valence-corrected chi connectivity index (χ0v) is 36.5. The molecule has 3 nitrogen and oxygen atoms in total. The molecule has 0 spiro atoms. The van der Waals surface area contributed by atoms with Gasteiger partial charge in [0.15, 0.2) is 17.5 Å². The summed E-state index contributed by atoms with van der Waals surface area (Å²) in [6, 6.07) is 89.6. The third-order valence-corrected chi connectivity index (χ3v) is 13.8. The van der Waals surface area contributed by atoms with E-state index in [0.717, 1.165) is 27.8 Å². The van der Waals surface area contributed by atoms with E-state index in [1.807, 2.05) is 18.2 Å². The van der Waals surface area contributed by atoms with Gasteiger partial charge < -0.3 is 0 Å². The molecule has 0 atom stereocenters. The second kappa shape index (κ2) is 15.7. The average Bonchev–Trinajstić information content (AvgIpc) is 3.71. The van der Waals surface area contributed by atoms with E-state index in [9.17, 15) is 0 Å². The highest BCUT2D eigenvalue weighted by molar-refractivity contribution is 6.20. The monoisotopic (exact) mass is 851 g/mol. The summed E-state index contributed by atoms with van der Waals surface area (Å²) in [5, 5.41) is 7.48. The van der Waals surface area contributed by atoms with Crippen LogP contribution in [-0.2, 0) is 5.41 Å². The van der Waals surface area contributed by atoms with E-state index in [0.29, 0.717) is 17.5 Å². The molecular formula is C64H41N3. The van der Waals surface area contributed by atoms with Gasteiger partial charge in [-0.15, -0.1) is 0 Å². The summed E-state index contributed by atoms with van der Waals surface area (Å²) in [5.74, 6) is 1.87. The number of hydrogen-bond acceptors (Lipinski definition) is 3. The van der Waals surface area contributed by atoms with Crippen molar-refractivity contribution in [1.82, 2.24) is 15.0 Å². The summed E-state index contributed by atoms with van der Waals surface area (Å²) in [4.78, 5) is 15.8. The minimum absolute atomic E-state index is 0.544. The lowest BCUT2D eigenvalue weighted by atomic mass is 9.67. The van der Waals surface area contributed by atoms with Crippen LogP contribution in [0.15, 0.2) is 249 Å². The standard InChI is InChI=1S/C64H41N3/c1-4-19-43(20-5-1)61-65-62(67-63(66-61)49-35-36-55-54-32-14-15-33-58(54)64(59(55)41-49,50-26-6-2-7-27-50)51-28-8-3-9-29-51)48-25-17-23-45(39-48)44-22-16-24-47(38-44)60-53-31-13-11-21-46(53)40-57-52-30-12-10-18-42(52)34-37-56(57)60/h1-41H. The van der Waals surface area contributed by atoms with Gasteiger partial charge in [-0.1, -0.05) is 224 Å². The molecule has 3 heteroatoms. The molecule has 12 aromatic rings. The van der Waals surface area contributed by atoms with Crippen molar-refractivity contribution >= 4 is 32.3 Å². The van der Waals surface area contributed by atoms with Gasteiger partial charge in [-0.05, 0) is 112 Å². The maximum absolute atomic E-state index is 5.34. The summed E-state index contributed by atoms with van der Waals surface area (Å²) < 4.78 is 0. The minimum Gasteiger partial charge on any atom is -0.208 e. The van der Waals surface area contributed by atoms with E-state index in [1.54, 1.807) is 0 Å². The molecule has 13 rings (SSSR count). The fourth-order valence-electron chi connectivity index (χ4n) is 10.8. The molecule has 0 saturated carbocycles. The van der Waals surface area contributed by atoms with Crippen LogP contribution < -0.4 is 0 Å².